The van der Waals surface area contributed by atoms with Gasteiger partial charge in [-0.2, -0.15) is 13.2 Å². The molecule has 182 valence electrons. The van der Waals surface area contributed by atoms with Gasteiger partial charge in [-0.15, -0.1) is 10.2 Å². The maximum absolute atomic E-state index is 13.9. The van der Waals surface area contributed by atoms with Crippen molar-refractivity contribution in [3.05, 3.63) is 71.7 Å². The molecule has 0 bridgehead atoms. The van der Waals surface area contributed by atoms with E-state index in [0.29, 0.717) is 17.9 Å². The molecule has 0 unspecified atom stereocenters. The molecular weight excluding hydrogens is 475 g/mol. The van der Waals surface area contributed by atoms with Crippen LogP contribution in [0.15, 0.2) is 59.9 Å². The van der Waals surface area contributed by atoms with Crippen molar-refractivity contribution in [2.24, 2.45) is 0 Å². The highest BCUT2D eigenvalue weighted by Crippen LogP contribution is 2.36. The van der Waals surface area contributed by atoms with Crippen LogP contribution in [0.3, 0.4) is 0 Å². The number of aromatic amines is 1. The zero-order chi connectivity index (χ0) is 24.4. The third kappa shape index (κ3) is 4.99. The summed E-state index contributed by atoms with van der Waals surface area (Å²) in [4.78, 5) is 18.3. The van der Waals surface area contributed by atoms with Crippen molar-refractivity contribution >= 4 is 28.4 Å². The molecule has 2 aromatic carbocycles. The Balaban J connectivity index is 1.47. The number of benzene rings is 2. The minimum Gasteiger partial charge on any atom is -0.360 e. The summed E-state index contributed by atoms with van der Waals surface area (Å²) in [7, 11) is 0. The van der Waals surface area contributed by atoms with Gasteiger partial charge in [0.15, 0.2) is 16.8 Å². The van der Waals surface area contributed by atoms with Gasteiger partial charge in [0.05, 0.1) is 23.5 Å². The third-order valence-electron chi connectivity index (χ3n) is 6.19. The SMILES string of the molecule is O=C(CSc1nnc(CN2CCCCC2)n1-c1ccccc1C(F)(F)F)c1c[nH]c2ccccc12. The molecule has 2 aromatic heterocycles. The molecular formula is C25H24F3N5OS. The minimum atomic E-state index is -4.54. The van der Waals surface area contributed by atoms with E-state index in [1.807, 2.05) is 24.3 Å². The van der Waals surface area contributed by atoms with Crippen molar-refractivity contribution < 1.29 is 18.0 Å². The molecule has 0 spiro atoms. The summed E-state index contributed by atoms with van der Waals surface area (Å²) in [5.41, 5.74) is 0.610. The van der Waals surface area contributed by atoms with E-state index in [1.165, 1.54) is 16.7 Å². The minimum absolute atomic E-state index is 0.0257. The molecule has 1 aliphatic rings. The number of rotatable bonds is 7. The van der Waals surface area contributed by atoms with Gasteiger partial charge >= 0.3 is 6.18 Å². The number of H-pyrrole nitrogens is 1. The van der Waals surface area contributed by atoms with Crippen molar-refractivity contribution in [3.63, 3.8) is 0 Å². The van der Waals surface area contributed by atoms with E-state index in [4.69, 9.17) is 0 Å². The number of nitrogens with one attached hydrogen (secondary N) is 1. The van der Waals surface area contributed by atoms with Crippen molar-refractivity contribution in [2.75, 3.05) is 18.8 Å². The number of fused-ring (bicyclic) bond motifs is 1. The Labute approximate surface area is 204 Å². The number of ketones is 1. The van der Waals surface area contributed by atoms with Gasteiger partial charge in [0.2, 0.25) is 0 Å². The van der Waals surface area contributed by atoms with E-state index in [-0.39, 0.29) is 22.4 Å². The number of thioether (sulfide) groups is 1. The first-order chi connectivity index (χ1) is 16.9. The van der Waals surface area contributed by atoms with E-state index >= 15 is 0 Å². The fourth-order valence-corrected chi connectivity index (χ4v) is 5.32. The van der Waals surface area contributed by atoms with Crippen molar-refractivity contribution in [1.82, 2.24) is 24.6 Å². The molecule has 3 heterocycles. The number of hydrogen-bond donors (Lipinski definition) is 1. The molecule has 1 aliphatic heterocycles. The Kier molecular flexibility index (Phi) is 6.66. The summed E-state index contributed by atoms with van der Waals surface area (Å²) in [5.74, 6) is 0.326. The van der Waals surface area contributed by atoms with Gasteiger partial charge in [-0.25, -0.2) is 0 Å². The lowest BCUT2D eigenvalue weighted by molar-refractivity contribution is -0.137. The fourth-order valence-electron chi connectivity index (χ4n) is 4.47. The first-order valence-corrected chi connectivity index (χ1v) is 12.5. The van der Waals surface area contributed by atoms with Crippen LogP contribution in [0.2, 0.25) is 0 Å². The van der Waals surface area contributed by atoms with Gasteiger partial charge in [0, 0.05) is 22.7 Å². The number of halogens is 3. The van der Waals surface area contributed by atoms with Crippen LogP contribution in [0.1, 0.15) is 41.0 Å². The van der Waals surface area contributed by atoms with Crippen LogP contribution in [0.4, 0.5) is 13.2 Å². The summed E-state index contributed by atoms with van der Waals surface area (Å²) in [5, 5.41) is 9.56. The summed E-state index contributed by atoms with van der Waals surface area (Å²) >= 11 is 1.10. The van der Waals surface area contributed by atoms with Gasteiger partial charge in [-0.3, -0.25) is 14.3 Å². The maximum atomic E-state index is 13.9. The smallest absolute Gasteiger partial charge is 0.360 e. The zero-order valence-corrected chi connectivity index (χ0v) is 19.7. The molecule has 0 radical (unpaired) electrons. The van der Waals surface area contributed by atoms with E-state index < -0.39 is 11.7 Å². The fraction of sp³-hybridized carbons (Fsp3) is 0.320. The number of alkyl halides is 3. The first kappa shape index (κ1) is 23.6. The highest BCUT2D eigenvalue weighted by atomic mass is 32.2. The molecule has 0 aliphatic carbocycles. The van der Waals surface area contributed by atoms with Crippen LogP contribution >= 0.6 is 11.8 Å². The second kappa shape index (κ2) is 9.87. The average Bonchev–Trinajstić information content (AvgIpc) is 3.47. The quantitative estimate of drug-likeness (QED) is 0.260. The van der Waals surface area contributed by atoms with Gasteiger partial charge < -0.3 is 4.98 Å². The highest BCUT2D eigenvalue weighted by Gasteiger charge is 2.35. The largest absolute Gasteiger partial charge is 0.418 e. The molecule has 0 saturated carbocycles. The first-order valence-electron chi connectivity index (χ1n) is 11.5. The van der Waals surface area contributed by atoms with E-state index in [1.54, 1.807) is 12.3 Å². The number of carbonyl (C=O) groups excluding carboxylic acids is 1. The number of hydrogen-bond acceptors (Lipinski definition) is 5. The van der Waals surface area contributed by atoms with Gasteiger partial charge in [-0.05, 0) is 44.1 Å². The molecule has 4 aromatic rings. The summed E-state index contributed by atoms with van der Waals surface area (Å²) in [6.07, 6.45) is 0.378. The van der Waals surface area contributed by atoms with Gasteiger partial charge in [0.25, 0.3) is 0 Å². The van der Waals surface area contributed by atoms with Crippen LogP contribution in [-0.2, 0) is 12.7 Å². The number of para-hydroxylation sites is 2. The second-order valence-electron chi connectivity index (χ2n) is 8.55. The van der Waals surface area contributed by atoms with Crippen LogP contribution in [0.25, 0.3) is 16.6 Å². The normalized spacial score (nSPS) is 15.1. The number of piperidine rings is 1. The lowest BCUT2D eigenvalue weighted by atomic mass is 10.1. The lowest BCUT2D eigenvalue weighted by Gasteiger charge is -2.26. The molecule has 1 N–H and O–H groups in total. The molecule has 0 amide bonds. The molecule has 6 nitrogen and oxygen atoms in total. The van der Waals surface area contributed by atoms with Gasteiger partial charge in [0.1, 0.15) is 0 Å². The number of Topliss-reactive ketones (excluding diaryl/α,β-unsaturated/α-hetero) is 1. The van der Waals surface area contributed by atoms with Crippen molar-refractivity contribution in [3.8, 4) is 5.69 Å². The number of carbonyl (C=O) groups is 1. The maximum Gasteiger partial charge on any atom is 0.418 e. The Hall–Kier alpha value is -3.11. The predicted octanol–water partition coefficient (Wildman–Crippen LogP) is 5.73. The Morgan fingerprint density at radius 1 is 1.00 bits per heavy atom. The summed E-state index contributed by atoms with van der Waals surface area (Å²) in [6.45, 7) is 2.14. The van der Waals surface area contributed by atoms with Crippen LogP contribution in [0.5, 0.6) is 0 Å². The topological polar surface area (TPSA) is 66.8 Å². The summed E-state index contributed by atoms with van der Waals surface area (Å²) < 4.78 is 43.1. The Morgan fingerprint density at radius 2 is 1.74 bits per heavy atom. The Bertz CT molecular complexity index is 1340. The second-order valence-corrected chi connectivity index (χ2v) is 9.49. The van der Waals surface area contributed by atoms with E-state index in [2.05, 4.69) is 20.1 Å². The van der Waals surface area contributed by atoms with Crippen LogP contribution in [0, 0.1) is 0 Å². The molecule has 1 fully saturated rings. The zero-order valence-electron chi connectivity index (χ0n) is 18.9. The Morgan fingerprint density at radius 3 is 2.54 bits per heavy atom. The number of aromatic nitrogens is 4. The van der Waals surface area contributed by atoms with Crippen molar-refractivity contribution in [1.29, 1.82) is 0 Å². The molecule has 5 rings (SSSR count). The number of nitrogens with zero attached hydrogens (tertiary/aromatic N) is 4. The lowest BCUT2D eigenvalue weighted by Crippen LogP contribution is -2.30. The van der Waals surface area contributed by atoms with Crippen LogP contribution in [-0.4, -0.2) is 49.3 Å². The third-order valence-corrected chi connectivity index (χ3v) is 7.12. The van der Waals surface area contributed by atoms with Crippen molar-refractivity contribution in [2.45, 2.75) is 37.1 Å². The van der Waals surface area contributed by atoms with E-state index in [9.17, 15) is 18.0 Å². The molecule has 35 heavy (non-hydrogen) atoms. The molecule has 1 saturated heterocycles. The number of likely N-dealkylation sites (tertiary alicyclic amines) is 1. The molecule has 10 heteroatoms. The predicted molar refractivity (Wildman–Crippen MR) is 129 cm³/mol. The van der Waals surface area contributed by atoms with Crippen LogP contribution < -0.4 is 0 Å². The summed E-state index contributed by atoms with van der Waals surface area (Å²) in [6, 6.07) is 12.9. The monoisotopic (exact) mass is 499 g/mol. The highest BCUT2D eigenvalue weighted by molar-refractivity contribution is 7.99. The average molecular weight is 500 g/mol. The standard InChI is InChI=1S/C25H24F3N5OS/c26-25(27,28)19-9-3-5-11-21(19)33-23(15-32-12-6-1-7-13-32)30-31-24(33)35-16-22(34)18-14-29-20-10-4-2-8-17(18)20/h2-5,8-11,14,29H,1,6-7,12-13,15-16H2. The molecule has 0 atom stereocenters. The van der Waals surface area contributed by atoms with E-state index in [0.717, 1.165) is 61.1 Å². The van der Waals surface area contributed by atoms with Gasteiger partial charge in [-0.1, -0.05) is 48.5 Å².